The third-order valence-corrected chi connectivity index (χ3v) is 7.39. The Morgan fingerprint density at radius 1 is 1.06 bits per heavy atom. The van der Waals surface area contributed by atoms with E-state index in [0.29, 0.717) is 18.9 Å². The molecule has 0 radical (unpaired) electrons. The quantitative estimate of drug-likeness (QED) is 0.679. The van der Waals surface area contributed by atoms with Gasteiger partial charge in [-0.2, -0.15) is 4.31 Å². The summed E-state index contributed by atoms with van der Waals surface area (Å²) in [6.45, 7) is 2.52. The average molecular weight is 464 g/mol. The van der Waals surface area contributed by atoms with Crippen molar-refractivity contribution in [1.29, 1.82) is 0 Å². The molecule has 0 unspecified atom stereocenters. The molecular formula is C22H26FN3O5S. The third-order valence-electron chi connectivity index (χ3n) is 5.49. The second-order valence-electron chi connectivity index (χ2n) is 7.66. The summed E-state index contributed by atoms with van der Waals surface area (Å²) in [4.78, 5) is 14.8. The number of hydrogen-bond donors (Lipinski definition) is 1. The van der Waals surface area contributed by atoms with Crippen LogP contribution in [0.25, 0.3) is 0 Å². The van der Waals surface area contributed by atoms with E-state index in [9.17, 15) is 17.6 Å². The maximum atomic E-state index is 13.8. The smallest absolute Gasteiger partial charge is 0.262 e. The highest BCUT2D eigenvalue weighted by atomic mass is 32.2. The Kier molecular flexibility index (Phi) is 6.92. The summed E-state index contributed by atoms with van der Waals surface area (Å²) < 4.78 is 51.8. The number of carbonyl (C=O) groups excluding carboxylic acids is 1. The molecule has 0 saturated carbocycles. The normalized spacial score (nSPS) is 17.3. The molecule has 0 atom stereocenters. The summed E-state index contributed by atoms with van der Waals surface area (Å²) in [7, 11) is -3.72. The van der Waals surface area contributed by atoms with Crippen molar-refractivity contribution < 1.29 is 27.1 Å². The van der Waals surface area contributed by atoms with Crippen molar-refractivity contribution >= 4 is 27.3 Å². The number of rotatable bonds is 7. The number of nitrogens with one attached hydrogen (secondary N) is 1. The molecule has 32 heavy (non-hydrogen) atoms. The van der Waals surface area contributed by atoms with Gasteiger partial charge in [-0.05, 0) is 43.2 Å². The molecule has 2 heterocycles. The van der Waals surface area contributed by atoms with E-state index in [0.717, 1.165) is 31.6 Å². The van der Waals surface area contributed by atoms with Gasteiger partial charge in [0.2, 0.25) is 10.0 Å². The van der Waals surface area contributed by atoms with Gasteiger partial charge >= 0.3 is 0 Å². The maximum Gasteiger partial charge on any atom is 0.262 e. The van der Waals surface area contributed by atoms with Gasteiger partial charge < -0.3 is 19.7 Å². The molecule has 2 saturated heterocycles. The Balaban J connectivity index is 1.55. The van der Waals surface area contributed by atoms with Crippen LogP contribution in [0.15, 0.2) is 47.4 Å². The van der Waals surface area contributed by atoms with Gasteiger partial charge in [0.25, 0.3) is 5.91 Å². The molecule has 1 N–H and O–H groups in total. The van der Waals surface area contributed by atoms with Crippen LogP contribution in [0.3, 0.4) is 0 Å². The van der Waals surface area contributed by atoms with Crippen LogP contribution in [0.5, 0.6) is 5.75 Å². The van der Waals surface area contributed by atoms with Gasteiger partial charge in [-0.3, -0.25) is 4.79 Å². The monoisotopic (exact) mass is 463 g/mol. The van der Waals surface area contributed by atoms with Crippen LogP contribution in [0, 0.1) is 5.82 Å². The van der Waals surface area contributed by atoms with Crippen LogP contribution >= 0.6 is 0 Å². The molecule has 0 aromatic heterocycles. The van der Waals surface area contributed by atoms with Gasteiger partial charge in [-0.15, -0.1) is 0 Å². The van der Waals surface area contributed by atoms with Gasteiger partial charge in [0.15, 0.2) is 18.2 Å². The second kappa shape index (κ2) is 9.85. The predicted molar refractivity (Wildman–Crippen MR) is 118 cm³/mol. The Morgan fingerprint density at radius 3 is 2.50 bits per heavy atom. The fourth-order valence-corrected chi connectivity index (χ4v) is 5.27. The first-order valence-corrected chi connectivity index (χ1v) is 12.0. The zero-order chi connectivity index (χ0) is 22.6. The Hall–Kier alpha value is -2.69. The molecule has 4 rings (SSSR count). The molecular weight excluding hydrogens is 437 g/mol. The summed E-state index contributed by atoms with van der Waals surface area (Å²) in [6.07, 6.45) is 2.05. The van der Waals surface area contributed by atoms with Gasteiger partial charge in [0, 0.05) is 26.2 Å². The van der Waals surface area contributed by atoms with Crippen molar-refractivity contribution in [3.05, 3.63) is 48.3 Å². The molecule has 0 spiro atoms. The number of hydrogen-bond acceptors (Lipinski definition) is 6. The number of para-hydroxylation sites is 1. The fourth-order valence-electron chi connectivity index (χ4n) is 3.84. The molecule has 2 aromatic rings. The van der Waals surface area contributed by atoms with Crippen LogP contribution in [-0.2, 0) is 19.6 Å². The number of sulfonamides is 1. The van der Waals surface area contributed by atoms with Crippen LogP contribution in [-0.4, -0.2) is 64.6 Å². The van der Waals surface area contributed by atoms with Crippen LogP contribution < -0.4 is 15.0 Å². The second-order valence-corrected chi connectivity index (χ2v) is 9.59. The molecule has 2 fully saturated rings. The first-order chi connectivity index (χ1) is 15.4. The molecule has 10 heteroatoms. The van der Waals surface area contributed by atoms with Crippen molar-refractivity contribution in [3.8, 4) is 5.75 Å². The van der Waals surface area contributed by atoms with Crippen molar-refractivity contribution in [2.45, 2.75) is 17.7 Å². The zero-order valence-corrected chi connectivity index (χ0v) is 18.4. The first kappa shape index (κ1) is 22.5. The summed E-state index contributed by atoms with van der Waals surface area (Å²) in [5.41, 5.74) is 1.14. The number of morpholine rings is 1. The molecule has 1 amide bonds. The van der Waals surface area contributed by atoms with E-state index >= 15 is 0 Å². The predicted octanol–water partition coefficient (Wildman–Crippen LogP) is 2.46. The minimum absolute atomic E-state index is 0.0222. The molecule has 172 valence electrons. The topological polar surface area (TPSA) is 88.2 Å². The van der Waals surface area contributed by atoms with E-state index in [2.05, 4.69) is 10.2 Å². The number of halogens is 1. The summed E-state index contributed by atoms with van der Waals surface area (Å²) in [6, 6.07) is 10.6. The number of nitrogens with zero attached hydrogens (tertiary/aromatic N) is 2. The summed E-state index contributed by atoms with van der Waals surface area (Å²) in [5.74, 6) is -1.09. The minimum atomic E-state index is -3.72. The summed E-state index contributed by atoms with van der Waals surface area (Å²) in [5, 5.41) is 2.76. The van der Waals surface area contributed by atoms with Gasteiger partial charge in [-0.25, -0.2) is 12.8 Å². The highest BCUT2D eigenvalue weighted by Gasteiger charge is 2.28. The van der Waals surface area contributed by atoms with E-state index in [1.54, 1.807) is 18.2 Å². The number of anilines is 2. The molecule has 0 aliphatic carbocycles. The van der Waals surface area contributed by atoms with Gasteiger partial charge in [0.1, 0.15) is 0 Å². The first-order valence-electron chi connectivity index (χ1n) is 10.6. The lowest BCUT2D eigenvalue weighted by molar-refractivity contribution is -0.118. The number of amides is 1. The lowest BCUT2D eigenvalue weighted by Crippen LogP contribution is -2.40. The van der Waals surface area contributed by atoms with Crippen molar-refractivity contribution in [2.24, 2.45) is 0 Å². The summed E-state index contributed by atoms with van der Waals surface area (Å²) >= 11 is 0. The van der Waals surface area contributed by atoms with Crippen molar-refractivity contribution in [2.75, 3.05) is 56.2 Å². The Bertz CT molecular complexity index is 1070. The number of carbonyl (C=O) groups is 1. The van der Waals surface area contributed by atoms with Crippen LogP contribution in [0.1, 0.15) is 12.8 Å². The lowest BCUT2D eigenvalue weighted by atomic mass is 10.2. The largest absolute Gasteiger partial charge is 0.481 e. The Labute approximate surface area is 187 Å². The highest BCUT2D eigenvalue weighted by molar-refractivity contribution is 7.89. The lowest BCUT2D eigenvalue weighted by Gasteiger charge is -2.27. The SMILES string of the molecule is O=C(COc1ccccc1F)Nc1cc(S(=O)(=O)N2CCOCC2)ccc1N1CCCC1. The van der Waals surface area contributed by atoms with E-state index in [1.807, 2.05) is 0 Å². The molecule has 2 aliphatic rings. The highest BCUT2D eigenvalue weighted by Crippen LogP contribution is 2.32. The van der Waals surface area contributed by atoms with Crippen molar-refractivity contribution in [1.82, 2.24) is 4.31 Å². The molecule has 2 aromatic carbocycles. The zero-order valence-electron chi connectivity index (χ0n) is 17.6. The number of benzene rings is 2. The Morgan fingerprint density at radius 2 is 1.78 bits per heavy atom. The van der Waals surface area contributed by atoms with E-state index in [4.69, 9.17) is 9.47 Å². The number of ether oxygens (including phenoxy) is 2. The standard InChI is InChI=1S/C22H26FN3O5S/c23-18-5-1-2-6-21(18)31-16-22(27)24-19-15-17(7-8-20(19)25-9-3-4-10-25)32(28,29)26-11-13-30-14-12-26/h1-2,5-8,15H,3-4,9-14,16H2,(H,24,27). The average Bonchev–Trinajstić information content (AvgIpc) is 3.34. The van der Waals surface area contributed by atoms with E-state index in [1.165, 1.54) is 28.6 Å². The van der Waals surface area contributed by atoms with Crippen LogP contribution in [0.4, 0.5) is 15.8 Å². The van der Waals surface area contributed by atoms with Gasteiger partial charge in [0.05, 0.1) is 29.5 Å². The molecule has 2 aliphatic heterocycles. The molecule has 8 nitrogen and oxygen atoms in total. The van der Waals surface area contributed by atoms with E-state index in [-0.39, 0.29) is 23.7 Å². The fraction of sp³-hybridized carbons (Fsp3) is 0.409. The minimum Gasteiger partial charge on any atom is -0.481 e. The molecule has 0 bridgehead atoms. The third kappa shape index (κ3) is 5.03. The maximum absolute atomic E-state index is 13.8. The van der Waals surface area contributed by atoms with Gasteiger partial charge in [-0.1, -0.05) is 12.1 Å². The van der Waals surface area contributed by atoms with Crippen LogP contribution in [0.2, 0.25) is 0 Å². The van der Waals surface area contributed by atoms with E-state index < -0.39 is 28.4 Å². The van der Waals surface area contributed by atoms with Crippen molar-refractivity contribution in [3.63, 3.8) is 0 Å².